The van der Waals surface area contributed by atoms with E-state index in [0.29, 0.717) is 17.4 Å². The van der Waals surface area contributed by atoms with Crippen LogP contribution in [0.5, 0.6) is 0 Å². The fourth-order valence-corrected chi connectivity index (χ4v) is 2.86. The standard InChI is InChI=1S/C19H17N5O3/c1-12-15(13(2)24-19(23-12)21-11-22-24)8-18(25)26-10-17-20-9-16(27-17)14-6-4-3-5-7-14/h3-7,9,11H,8,10H2,1-2H3. The lowest BCUT2D eigenvalue weighted by Crippen LogP contribution is -2.13. The van der Waals surface area contributed by atoms with Crippen LogP contribution in [0, 0.1) is 13.8 Å². The molecule has 0 atom stereocenters. The first-order chi connectivity index (χ1) is 13.1. The molecule has 0 N–H and O–H groups in total. The molecule has 136 valence electrons. The molecule has 0 aliphatic carbocycles. The molecular weight excluding hydrogens is 346 g/mol. The average molecular weight is 363 g/mol. The normalized spacial score (nSPS) is 11.0. The molecule has 1 aromatic carbocycles. The van der Waals surface area contributed by atoms with E-state index < -0.39 is 0 Å². The Balaban J connectivity index is 1.43. The SMILES string of the molecule is Cc1nc2ncnn2c(C)c1CC(=O)OCc1ncc(-c2ccccc2)o1. The summed E-state index contributed by atoms with van der Waals surface area (Å²) in [6.45, 7) is 3.69. The molecule has 0 saturated carbocycles. The highest BCUT2D eigenvalue weighted by Gasteiger charge is 2.16. The third-order valence-electron chi connectivity index (χ3n) is 4.28. The number of fused-ring (bicyclic) bond motifs is 1. The van der Waals surface area contributed by atoms with Gasteiger partial charge in [0.2, 0.25) is 5.89 Å². The van der Waals surface area contributed by atoms with Gasteiger partial charge in [-0.25, -0.2) is 14.5 Å². The first-order valence-electron chi connectivity index (χ1n) is 8.43. The van der Waals surface area contributed by atoms with Crippen LogP contribution < -0.4 is 0 Å². The number of benzene rings is 1. The highest BCUT2D eigenvalue weighted by molar-refractivity contribution is 5.73. The number of hydrogen-bond donors (Lipinski definition) is 0. The van der Waals surface area contributed by atoms with E-state index in [1.54, 1.807) is 10.7 Å². The van der Waals surface area contributed by atoms with Crippen molar-refractivity contribution >= 4 is 11.7 Å². The van der Waals surface area contributed by atoms with Gasteiger partial charge in [0.1, 0.15) is 6.33 Å². The molecule has 0 spiro atoms. The predicted molar refractivity (Wildman–Crippen MR) is 95.7 cm³/mol. The first-order valence-corrected chi connectivity index (χ1v) is 8.43. The maximum absolute atomic E-state index is 12.3. The first kappa shape index (κ1) is 16.9. The molecule has 8 nitrogen and oxygen atoms in total. The molecule has 27 heavy (non-hydrogen) atoms. The van der Waals surface area contributed by atoms with E-state index in [1.165, 1.54) is 6.33 Å². The van der Waals surface area contributed by atoms with E-state index >= 15 is 0 Å². The molecule has 0 aliphatic heterocycles. The van der Waals surface area contributed by atoms with Crippen molar-refractivity contribution in [2.45, 2.75) is 26.9 Å². The molecule has 0 amide bonds. The zero-order chi connectivity index (χ0) is 18.8. The van der Waals surface area contributed by atoms with Gasteiger partial charge in [0, 0.05) is 22.5 Å². The van der Waals surface area contributed by atoms with Gasteiger partial charge < -0.3 is 9.15 Å². The minimum Gasteiger partial charge on any atom is -0.455 e. The third-order valence-corrected chi connectivity index (χ3v) is 4.28. The monoisotopic (exact) mass is 363 g/mol. The summed E-state index contributed by atoms with van der Waals surface area (Å²) in [7, 11) is 0. The van der Waals surface area contributed by atoms with Crippen molar-refractivity contribution in [2.24, 2.45) is 0 Å². The van der Waals surface area contributed by atoms with Gasteiger partial charge in [-0.15, -0.1) is 0 Å². The van der Waals surface area contributed by atoms with Crippen LogP contribution in [0.1, 0.15) is 22.8 Å². The van der Waals surface area contributed by atoms with Crippen LogP contribution in [0.15, 0.2) is 47.3 Å². The predicted octanol–water partition coefficient (Wildman–Crippen LogP) is 2.68. The van der Waals surface area contributed by atoms with Gasteiger partial charge in [-0.2, -0.15) is 10.1 Å². The quantitative estimate of drug-likeness (QED) is 0.503. The van der Waals surface area contributed by atoms with Crippen molar-refractivity contribution in [1.29, 1.82) is 0 Å². The Morgan fingerprint density at radius 3 is 2.81 bits per heavy atom. The minimum absolute atomic E-state index is 0.0250. The smallest absolute Gasteiger partial charge is 0.310 e. The number of carbonyl (C=O) groups excluding carboxylic acids is 1. The largest absolute Gasteiger partial charge is 0.455 e. The van der Waals surface area contributed by atoms with Gasteiger partial charge in [0.05, 0.1) is 12.6 Å². The molecule has 0 aliphatic rings. The van der Waals surface area contributed by atoms with Crippen LogP contribution in [0.4, 0.5) is 0 Å². The van der Waals surface area contributed by atoms with Gasteiger partial charge in [-0.05, 0) is 13.8 Å². The Morgan fingerprint density at radius 2 is 2.00 bits per heavy atom. The summed E-state index contributed by atoms with van der Waals surface area (Å²) in [5, 5.41) is 4.12. The molecule has 8 heteroatoms. The van der Waals surface area contributed by atoms with Crippen molar-refractivity contribution < 1.29 is 13.9 Å². The summed E-state index contributed by atoms with van der Waals surface area (Å²) in [6, 6.07) is 9.62. The zero-order valence-corrected chi connectivity index (χ0v) is 14.9. The van der Waals surface area contributed by atoms with E-state index in [-0.39, 0.29) is 19.0 Å². The lowest BCUT2D eigenvalue weighted by Gasteiger charge is -2.09. The van der Waals surface area contributed by atoms with Crippen LogP contribution in [0.2, 0.25) is 0 Å². The van der Waals surface area contributed by atoms with Crippen molar-refractivity contribution in [3.8, 4) is 11.3 Å². The van der Waals surface area contributed by atoms with Gasteiger partial charge in [0.15, 0.2) is 12.4 Å². The van der Waals surface area contributed by atoms with E-state index in [9.17, 15) is 4.79 Å². The fourth-order valence-electron chi connectivity index (χ4n) is 2.86. The summed E-state index contributed by atoms with van der Waals surface area (Å²) in [6.07, 6.45) is 3.14. The summed E-state index contributed by atoms with van der Waals surface area (Å²) < 4.78 is 12.6. The van der Waals surface area contributed by atoms with Crippen molar-refractivity contribution in [1.82, 2.24) is 24.6 Å². The van der Waals surface area contributed by atoms with Gasteiger partial charge in [-0.3, -0.25) is 4.79 Å². The molecule has 3 aromatic heterocycles. The molecule has 0 radical (unpaired) electrons. The number of nitrogens with zero attached hydrogens (tertiary/aromatic N) is 5. The number of oxazole rings is 1. The number of carbonyl (C=O) groups is 1. The Hall–Kier alpha value is -3.55. The molecule has 0 unspecified atom stereocenters. The van der Waals surface area contributed by atoms with Crippen LogP contribution in [-0.2, 0) is 22.6 Å². The van der Waals surface area contributed by atoms with Crippen molar-refractivity contribution in [2.75, 3.05) is 0 Å². The third kappa shape index (κ3) is 3.41. The van der Waals surface area contributed by atoms with E-state index in [1.807, 2.05) is 44.2 Å². The Bertz CT molecular complexity index is 1100. The second-order valence-corrected chi connectivity index (χ2v) is 6.05. The average Bonchev–Trinajstić information content (AvgIpc) is 3.33. The van der Waals surface area contributed by atoms with Crippen LogP contribution in [0.3, 0.4) is 0 Å². The second-order valence-electron chi connectivity index (χ2n) is 6.05. The lowest BCUT2D eigenvalue weighted by molar-refractivity contribution is -0.144. The maximum Gasteiger partial charge on any atom is 0.310 e. The molecule has 4 rings (SSSR count). The van der Waals surface area contributed by atoms with Crippen molar-refractivity contribution in [3.63, 3.8) is 0 Å². The highest BCUT2D eigenvalue weighted by atomic mass is 16.5. The van der Waals surface area contributed by atoms with Gasteiger partial charge >= 0.3 is 5.97 Å². The molecule has 4 aromatic rings. The molecule has 0 fully saturated rings. The summed E-state index contributed by atoms with van der Waals surface area (Å²) >= 11 is 0. The molecule has 0 saturated heterocycles. The zero-order valence-electron chi connectivity index (χ0n) is 14.9. The summed E-state index contributed by atoms with van der Waals surface area (Å²) in [5.74, 6) is 1.10. The second kappa shape index (κ2) is 6.99. The number of hydrogen-bond acceptors (Lipinski definition) is 7. The minimum atomic E-state index is -0.387. The number of ether oxygens (including phenoxy) is 1. The molecular formula is C19H17N5O3. The summed E-state index contributed by atoms with van der Waals surface area (Å²) in [5.41, 5.74) is 3.23. The highest BCUT2D eigenvalue weighted by Crippen LogP contribution is 2.20. The number of esters is 1. The number of aryl methyl sites for hydroxylation is 2. The van der Waals surface area contributed by atoms with E-state index in [0.717, 1.165) is 22.5 Å². The summed E-state index contributed by atoms with van der Waals surface area (Å²) in [4.78, 5) is 24.9. The van der Waals surface area contributed by atoms with Crippen LogP contribution in [-0.4, -0.2) is 30.5 Å². The maximum atomic E-state index is 12.3. The Morgan fingerprint density at radius 1 is 1.19 bits per heavy atom. The topological polar surface area (TPSA) is 95.4 Å². The molecule has 0 bridgehead atoms. The van der Waals surface area contributed by atoms with E-state index in [2.05, 4.69) is 20.1 Å². The Labute approximate surface area is 154 Å². The van der Waals surface area contributed by atoms with Gasteiger partial charge in [-0.1, -0.05) is 30.3 Å². The number of rotatable bonds is 5. The molecule has 3 heterocycles. The van der Waals surface area contributed by atoms with E-state index in [4.69, 9.17) is 9.15 Å². The Kier molecular flexibility index (Phi) is 4.37. The van der Waals surface area contributed by atoms with Crippen LogP contribution >= 0.6 is 0 Å². The van der Waals surface area contributed by atoms with Crippen molar-refractivity contribution in [3.05, 3.63) is 65.7 Å². The van der Waals surface area contributed by atoms with Gasteiger partial charge in [0.25, 0.3) is 5.78 Å². The lowest BCUT2D eigenvalue weighted by atomic mass is 10.1. The number of aromatic nitrogens is 5. The van der Waals surface area contributed by atoms with Crippen LogP contribution in [0.25, 0.3) is 17.1 Å². The fraction of sp³-hybridized carbons (Fsp3) is 0.211.